The molecule has 1 aromatic heterocycles. The minimum Gasteiger partial charge on any atom is -0.480 e. The van der Waals surface area contributed by atoms with E-state index in [1.54, 1.807) is 0 Å². The summed E-state index contributed by atoms with van der Waals surface area (Å²) in [6.07, 6.45) is 9.97. The van der Waals surface area contributed by atoms with Gasteiger partial charge in [0.15, 0.2) is 5.75 Å². The van der Waals surface area contributed by atoms with Crippen LogP contribution < -0.4 is 19.1 Å². The fourth-order valence-corrected chi connectivity index (χ4v) is 6.72. The topological polar surface area (TPSA) is 70.0 Å². The highest BCUT2D eigenvalue weighted by Crippen LogP contribution is 2.43. The molecule has 1 aliphatic carbocycles. The molecule has 3 heterocycles. The van der Waals surface area contributed by atoms with Gasteiger partial charge in [-0.1, -0.05) is 31.5 Å². The molecule has 7 nitrogen and oxygen atoms in total. The van der Waals surface area contributed by atoms with Gasteiger partial charge in [0.05, 0.1) is 11.8 Å². The number of carboxylic acids is 1. The normalized spacial score (nSPS) is 22.0. The second kappa shape index (κ2) is 10.6. The molecule has 1 atom stereocenters. The van der Waals surface area contributed by atoms with Crippen LogP contribution in [0.3, 0.4) is 0 Å². The number of benzene rings is 2. The van der Waals surface area contributed by atoms with Crippen LogP contribution in [-0.2, 0) is 11.3 Å². The molecule has 0 radical (unpaired) electrons. The van der Waals surface area contributed by atoms with E-state index in [2.05, 4.69) is 61.5 Å². The standard InChI is InChI=1S/C33H36ClN3O4/c1-5-35-26-17-23(34)9-11-28(26)40-30(35)15-21-14-22(20-33(3,4)19-21)16-31-36(6-2)27-18-24(10-12-29(27)41-31)37-13-7-8-25(37)32(38)39/h9-12,14-18,25H,5-8,13,19-20H2,1-4H3/p+1. The number of carbonyl (C=O) groups is 1. The van der Waals surface area contributed by atoms with Crippen molar-refractivity contribution < 1.29 is 23.6 Å². The first-order valence-electron chi connectivity index (χ1n) is 14.5. The summed E-state index contributed by atoms with van der Waals surface area (Å²) in [6.45, 7) is 11.1. The number of hydrogen-bond donors (Lipinski definition) is 1. The number of ether oxygens (including phenoxy) is 1. The van der Waals surface area contributed by atoms with Crippen LogP contribution >= 0.6 is 11.6 Å². The van der Waals surface area contributed by atoms with Crippen LogP contribution in [0.4, 0.5) is 11.4 Å². The van der Waals surface area contributed by atoms with E-state index in [9.17, 15) is 9.90 Å². The molecule has 0 saturated carbocycles. The molecule has 1 unspecified atom stereocenters. The van der Waals surface area contributed by atoms with Crippen LogP contribution in [-0.4, -0.2) is 30.2 Å². The molecular weight excluding hydrogens is 538 g/mol. The van der Waals surface area contributed by atoms with E-state index in [-0.39, 0.29) is 5.41 Å². The second-order valence-electron chi connectivity index (χ2n) is 11.9. The average molecular weight is 575 g/mol. The van der Waals surface area contributed by atoms with Crippen molar-refractivity contribution in [1.82, 2.24) is 0 Å². The van der Waals surface area contributed by atoms with E-state index in [0.29, 0.717) is 11.4 Å². The molecule has 2 aliphatic heterocycles. The molecule has 1 saturated heterocycles. The highest BCUT2D eigenvalue weighted by atomic mass is 35.5. The van der Waals surface area contributed by atoms with Crippen LogP contribution in [0.5, 0.6) is 5.75 Å². The van der Waals surface area contributed by atoms with Gasteiger partial charge in [0.2, 0.25) is 11.5 Å². The quantitative estimate of drug-likeness (QED) is 0.311. The number of anilines is 2. The summed E-state index contributed by atoms with van der Waals surface area (Å²) < 4.78 is 14.8. The first kappa shape index (κ1) is 27.5. The fourth-order valence-electron chi connectivity index (χ4n) is 6.55. The lowest BCUT2D eigenvalue weighted by Crippen LogP contribution is -2.37. The van der Waals surface area contributed by atoms with Crippen molar-refractivity contribution in [2.75, 3.05) is 22.9 Å². The highest BCUT2D eigenvalue weighted by molar-refractivity contribution is 6.31. The molecule has 1 fully saturated rings. The summed E-state index contributed by atoms with van der Waals surface area (Å²) in [6, 6.07) is 11.3. The van der Waals surface area contributed by atoms with E-state index >= 15 is 0 Å². The molecule has 2 aromatic carbocycles. The van der Waals surface area contributed by atoms with Gasteiger partial charge in [0, 0.05) is 35.9 Å². The van der Waals surface area contributed by atoms with E-state index in [4.69, 9.17) is 20.8 Å². The predicted molar refractivity (Wildman–Crippen MR) is 162 cm³/mol. The Labute approximate surface area is 245 Å². The van der Waals surface area contributed by atoms with Crippen molar-refractivity contribution in [3.63, 3.8) is 0 Å². The lowest BCUT2D eigenvalue weighted by Gasteiger charge is -2.30. The largest absolute Gasteiger partial charge is 0.480 e. The Morgan fingerprint density at radius 3 is 2.76 bits per heavy atom. The monoisotopic (exact) mass is 574 g/mol. The maximum Gasteiger partial charge on any atom is 0.374 e. The van der Waals surface area contributed by atoms with Gasteiger partial charge in [0.1, 0.15) is 12.6 Å². The average Bonchev–Trinajstić information content (AvgIpc) is 3.62. The number of aliphatic carboxylic acids is 1. The highest BCUT2D eigenvalue weighted by Gasteiger charge is 2.33. The van der Waals surface area contributed by atoms with Gasteiger partial charge in [-0.2, -0.15) is 4.57 Å². The van der Waals surface area contributed by atoms with Crippen molar-refractivity contribution in [1.29, 1.82) is 0 Å². The van der Waals surface area contributed by atoms with Gasteiger partial charge in [-0.3, -0.25) is 0 Å². The van der Waals surface area contributed by atoms with E-state index in [1.165, 1.54) is 11.1 Å². The third kappa shape index (κ3) is 5.23. The summed E-state index contributed by atoms with van der Waals surface area (Å²) in [5, 5.41) is 10.4. The van der Waals surface area contributed by atoms with Gasteiger partial charge in [-0.05, 0) is 86.4 Å². The maximum atomic E-state index is 11.8. The number of halogens is 1. The summed E-state index contributed by atoms with van der Waals surface area (Å²) >= 11 is 6.28. The second-order valence-corrected chi connectivity index (χ2v) is 12.4. The minimum absolute atomic E-state index is 0.0661. The zero-order valence-corrected chi connectivity index (χ0v) is 24.9. The van der Waals surface area contributed by atoms with E-state index in [0.717, 1.165) is 78.9 Å². The summed E-state index contributed by atoms with van der Waals surface area (Å²) in [4.78, 5) is 15.9. The molecule has 214 valence electrons. The Hall–Kier alpha value is -3.71. The number of rotatable bonds is 6. The van der Waals surface area contributed by atoms with Gasteiger partial charge < -0.3 is 24.1 Å². The molecule has 1 N–H and O–H groups in total. The molecule has 0 amide bonds. The Morgan fingerprint density at radius 2 is 2.00 bits per heavy atom. The number of carboxylic acid groups (broad SMARTS) is 1. The Kier molecular flexibility index (Phi) is 7.10. The van der Waals surface area contributed by atoms with E-state index < -0.39 is 12.0 Å². The molecule has 3 aromatic rings. The molecule has 8 heteroatoms. The number of nitrogens with zero attached hydrogens (tertiary/aromatic N) is 3. The zero-order valence-electron chi connectivity index (χ0n) is 24.1. The summed E-state index contributed by atoms with van der Waals surface area (Å²) in [7, 11) is 0. The third-order valence-corrected chi connectivity index (χ3v) is 8.50. The van der Waals surface area contributed by atoms with Crippen molar-refractivity contribution in [2.45, 2.75) is 66.0 Å². The van der Waals surface area contributed by atoms with Crippen molar-refractivity contribution in [3.8, 4) is 5.75 Å². The SMILES string of the molecule is CCN1C(=CC2=CC(=Cc3oc4ccc(N5CCCC5C(=O)O)cc4[n+]3CC)CC(C)(C)C2)Oc2ccc(Cl)cc21. The maximum absolute atomic E-state index is 11.8. The molecule has 6 rings (SSSR count). The summed E-state index contributed by atoms with van der Waals surface area (Å²) in [5.74, 6) is 1.66. The van der Waals surface area contributed by atoms with Crippen molar-refractivity contribution >= 4 is 46.1 Å². The Bertz CT molecular complexity index is 1620. The molecule has 3 aliphatic rings. The Balaban J connectivity index is 1.35. The Morgan fingerprint density at radius 1 is 1.17 bits per heavy atom. The lowest BCUT2D eigenvalue weighted by atomic mass is 9.75. The number of allylic oxidation sites excluding steroid dienone is 4. The zero-order chi connectivity index (χ0) is 28.9. The van der Waals surface area contributed by atoms with Gasteiger partial charge in [0.25, 0.3) is 5.52 Å². The number of fused-ring (bicyclic) bond motifs is 2. The van der Waals surface area contributed by atoms with Gasteiger partial charge in [-0.25, -0.2) is 4.79 Å². The van der Waals surface area contributed by atoms with Crippen molar-refractivity contribution in [2.24, 2.45) is 5.41 Å². The first-order valence-corrected chi connectivity index (χ1v) is 14.9. The summed E-state index contributed by atoms with van der Waals surface area (Å²) in [5.41, 5.74) is 6.16. The minimum atomic E-state index is -0.765. The van der Waals surface area contributed by atoms with Gasteiger partial charge in [-0.15, -0.1) is 0 Å². The van der Waals surface area contributed by atoms with Crippen LogP contribution in [0.2, 0.25) is 5.02 Å². The number of hydrogen-bond acceptors (Lipinski definition) is 5. The first-order chi connectivity index (χ1) is 19.7. The smallest absolute Gasteiger partial charge is 0.374 e. The number of oxazole rings is 1. The molecule has 0 spiro atoms. The van der Waals surface area contributed by atoms with E-state index in [1.807, 2.05) is 35.2 Å². The molecule has 41 heavy (non-hydrogen) atoms. The van der Waals surface area contributed by atoms with Crippen LogP contribution in [0, 0.1) is 5.41 Å². The van der Waals surface area contributed by atoms with Crippen LogP contribution in [0.25, 0.3) is 17.2 Å². The van der Waals surface area contributed by atoms with Crippen molar-refractivity contribution in [3.05, 3.63) is 76.5 Å². The predicted octanol–water partition coefficient (Wildman–Crippen LogP) is 7.34. The van der Waals surface area contributed by atoms with Crippen LogP contribution in [0.1, 0.15) is 59.3 Å². The molecular formula is C33H37ClN3O4+. The number of aromatic nitrogens is 1. The lowest BCUT2D eigenvalue weighted by molar-refractivity contribution is -0.674. The number of aryl methyl sites for hydroxylation is 1. The fraction of sp³-hybridized carbons (Fsp3) is 0.394. The molecule has 0 bridgehead atoms. The van der Waals surface area contributed by atoms with Crippen LogP contribution in [0.15, 0.2) is 70.0 Å². The van der Waals surface area contributed by atoms with Gasteiger partial charge >= 0.3 is 11.9 Å². The third-order valence-electron chi connectivity index (χ3n) is 8.26.